The van der Waals surface area contributed by atoms with Crippen LogP contribution in [0.5, 0.6) is 5.75 Å². The van der Waals surface area contributed by atoms with Crippen molar-refractivity contribution in [3.8, 4) is 5.75 Å². The van der Waals surface area contributed by atoms with Crippen molar-refractivity contribution in [2.75, 3.05) is 6.61 Å². The van der Waals surface area contributed by atoms with Crippen LogP contribution in [0.1, 0.15) is 51.7 Å². The molecule has 3 atom stereocenters. The molecule has 2 amide bonds. The fourth-order valence-corrected chi connectivity index (χ4v) is 6.96. The number of hydrogen-bond acceptors (Lipinski definition) is 8. The van der Waals surface area contributed by atoms with Crippen LogP contribution in [0.3, 0.4) is 0 Å². The third-order valence-corrected chi connectivity index (χ3v) is 13.8. The molecule has 1 fully saturated rings. The SMILES string of the molecule is CCc1cc(OC(C)=O)c(C[C@@H](C(=O)N2C(=O)OC[C@@H]2Cc2ccccc2)[C@@H](/C=C/Sc2ccccc2)O[Si](C)(C)C(C)(C)C)o1. The van der Waals surface area contributed by atoms with Gasteiger partial charge in [0.25, 0.3) is 0 Å². The van der Waals surface area contributed by atoms with Gasteiger partial charge >= 0.3 is 12.1 Å². The van der Waals surface area contributed by atoms with Crippen LogP contribution in [-0.4, -0.2) is 49.9 Å². The smallest absolute Gasteiger partial charge is 0.416 e. The number of hydrogen-bond donors (Lipinski definition) is 0. The van der Waals surface area contributed by atoms with Crippen LogP contribution in [-0.2, 0) is 38.0 Å². The number of amides is 2. The minimum absolute atomic E-state index is 0.0446. The highest BCUT2D eigenvalue weighted by Gasteiger charge is 2.46. The molecule has 0 aliphatic carbocycles. The average molecular weight is 664 g/mol. The third kappa shape index (κ3) is 9.02. The number of carbonyl (C=O) groups is 3. The first-order chi connectivity index (χ1) is 21.8. The Morgan fingerprint density at radius 2 is 1.74 bits per heavy atom. The Labute approximate surface area is 277 Å². The van der Waals surface area contributed by atoms with Gasteiger partial charge < -0.3 is 18.3 Å². The lowest BCUT2D eigenvalue weighted by atomic mass is 9.94. The van der Waals surface area contributed by atoms with Crippen molar-refractivity contribution in [1.29, 1.82) is 0 Å². The molecule has 0 spiro atoms. The van der Waals surface area contributed by atoms with E-state index in [0.29, 0.717) is 24.4 Å². The summed E-state index contributed by atoms with van der Waals surface area (Å²) >= 11 is 1.52. The van der Waals surface area contributed by atoms with E-state index < -0.39 is 44.4 Å². The number of thioether (sulfide) groups is 1. The quantitative estimate of drug-likeness (QED) is 0.103. The molecule has 10 heteroatoms. The van der Waals surface area contributed by atoms with E-state index in [0.717, 1.165) is 10.5 Å². The molecule has 4 rings (SSSR count). The number of imide groups is 1. The molecule has 8 nitrogen and oxygen atoms in total. The summed E-state index contributed by atoms with van der Waals surface area (Å²) in [6, 6.07) is 20.8. The van der Waals surface area contributed by atoms with E-state index in [-0.39, 0.29) is 23.8 Å². The molecule has 0 N–H and O–H groups in total. The van der Waals surface area contributed by atoms with E-state index in [1.165, 1.54) is 23.6 Å². The highest BCUT2D eigenvalue weighted by molar-refractivity contribution is 8.02. The van der Waals surface area contributed by atoms with Crippen LogP contribution in [0.25, 0.3) is 0 Å². The monoisotopic (exact) mass is 663 g/mol. The summed E-state index contributed by atoms with van der Waals surface area (Å²) in [6.07, 6.45) is 1.57. The second-order valence-corrected chi connectivity index (χ2v) is 18.7. The van der Waals surface area contributed by atoms with Crippen LogP contribution >= 0.6 is 11.8 Å². The Morgan fingerprint density at radius 3 is 2.35 bits per heavy atom. The minimum Gasteiger partial charge on any atom is -0.462 e. The largest absolute Gasteiger partial charge is 0.462 e. The summed E-state index contributed by atoms with van der Waals surface area (Å²) in [5.74, 6) is -0.573. The minimum atomic E-state index is -2.46. The number of carbonyl (C=O) groups excluding carboxylic acids is 3. The van der Waals surface area contributed by atoms with Gasteiger partial charge in [-0.25, -0.2) is 9.69 Å². The number of rotatable bonds is 13. The number of benzene rings is 2. The van der Waals surface area contributed by atoms with Crippen molar-refractivity contribution in [2.24, 2.45) is 5.92 Å². The number of cyclic esters (lactones) is 1. The number of ether oxygens (including phenoxy) is 2. The van der Waals surface area contributed by atoms with Gasteiger partial charge in [0.05, 0.1) is 18.1 Å². The second-order valence-electron chi connectivity index (χ2n) is 13.0. The molecule has 1 aliphatic heterocycles. The van der Waals surface area contributed by atoms with Gasteiger partial charge in [0.1, 0.15) is 18.1 Å². The van der Waals surface area contributed by atoms with E-state index in [1.807, 2.05) is 79.1 Å². The predicted octanol–water partition coefficient (Wildman–Crippen LogP) is 8.21. The Balaban J connectivity index is 1.78. The molecule has 1 aliphatic rings. The van der Waals surface area contributed by atoms with Crippen LogP contribution < -0.4 is 4.74 Å². The van der Waals surface area contributed by atoms with Crippen LogP contribution in [0.4, 0.5) is 4.79 Å². The van der Waals surface area contributed by atoms with E-state index in [4.69, 9.17) is 18.3 Å². The first-order valence-electron chi connectivity index (χ1n) is 15.7. The maximum Gasteiger partial charge on any atom is 0.416 e. The standard InChI is InChI=1S/C36H45NO7SSi/c1-8-28-22-32(42-25(2)38)33(43-28)23-30(34(39)37-27(24-41-35(37)40)21-26-15-11-9-12-16-26)31(44-46(6,7)36(3,4)5)19-20-45-29-17-13-10-14-18-29/h9-20,22,27,30-31H,8,21,23-24H2,1-7H3/b20-19+/t27-,30+,31+/m0/s1. The maximum absolute atomic E-state index is 14.8. The van der Waals surface area contributed by atoms with Gasteiger partial charge in [0.2, 0.25) is 5.91 Å². The van der Waals surface area contributed by atoms with Gasteiger partial charge in [0, 0.05) is 30.7 Å². The van der Waals surface area contributed by atoms with Gasteiger partial charge in [0.15, 0.2) is 14.1 Å². The van der Waals surface area contributed by atoms with Crippen LogP contribution in [0.2, 0.25) is 18.1 Å². The zero-order chi connectivity index (χ0) is 33.5. The second kappa shape index (κ2) is 15.3. The fourth-order valence-electron chi connectivity index (χ4n) is 4.98. The maximum atomic E-state index is 14.8. The number of esters is 1. The Bertz CT molecular complexity index is 1510. The molecule has 3 aromatic rings. The summed E-state index contributed by atoms with van der Waals surface area (Å²) in [5, 5.41) is 1.77. The van der Waals surface area contributed by atoms with Crippen molar-refractivity contribution < 1.29 is 32.7 Å². The Kier molecular flexibility index (Phi) is 11.7. The molecular formula is C36H45NO7SSi. The van der Waals surface area contributed by atoms with Crippen molar-refractivity contribution in [3.63, 3.8) is 0 Å². The number of nitrogens with zero attached hydrogens (tertiary/aromatic N) is 1. The summed E-state index contributed by atoms with van der Waals surface area (Å²) in [4.78, 5) is 42.3. The van der Waals surface area contributed by atoms with E-state index in [2.05, 4.69) is 33.9 Å². The summed E-state index contributed by atoms with van der Waals surface area (Å²) in [6.45, 7) is 14.0. The van der Waals surface area contributed by atoms with E-state index >= 15 is 0 Å². The third-order valence-electron chi connectivity index (χ3n) is 8.51. The predicted molar refractivity (Wildman–Crippen MR) is 182 cm³/mol. The lowest BCUT2D eigenvalue weighted by Gasteiger charge is -2.40. The molecular weight excluding hydrogens is 619 g/mol. The summed E-state index contributed by atoms with van der Waals surface area (Å²) < 4.78 is 24.1. The van der Waals surface area contributed by atoms with Crippen molar-refractivity contribution in [1.82, 2.24) is 4.90 Å². The highest BCUT2D eigenvalue weighted by Crippen LogP contribution is 2.40. The lowest BCUT2D eigenvalue weighted by Crippen LogP contribution is -2.51. The molecule has 246 valence electrons. The van der Waals surface area contributed by atoms with Gasteiger partial charge in [-0.1, -0.05) is 88.0 Å². The van der Waals surface area contributed by atoms with E-state index in [1.54, 1.807) is 6.07 Å². The summed E-state index contributed by atoms with van der Waals surface area (Å²) in [5.41, 5.74) is 0.990. The Morgan fingerprint density at radius 1 is 1.09 bits per heavy atom. The number of furan rings is 1. The number of aryl methyl sites for hydroxylation is 1. The highest BCUT2D eigenvalue weighted by atomic mass is 32.2. The molecule has 0 unspecified atom stereocenters. The molecule has 0 saturated carbocycles. The van der Waals surface area contributed by atoms with Crippen molar-refractivity contribution in [2.45, 2.75) is 89.1 Å². The molecule has 1 saturated heterocycles. The first-order valence-corrected chi connectivity index (χ1v) is 19.5. The zero-order valence-electron chi connectivity index (χ0n) is 27.8. The molecule has 2 heterocycles. The van der Waals surface area contributed by atoms with Crippen molar-refractivity contribution in [3.05, 3.63) is 95.3 Å². The molecule has 2 aromatic carbocycles. The van der Waals surface area contributed by atoms with Gasteiger partial charge in [-0.05, 0) is 53.7 Å². The van der Waals surface area contributed by atoms with E-state index in [9.17, 15) is 14.4 Å². The molecule has 0 radical (unpaired) electrons. The fraction of sp³-hybridized carbons (Fsp3) is 0.417. The van der Waals surface area contributed by atoms with Crippen LogP contribution in [0.15, 0.2) is 87.5 Å². The molecule has 46 heavy (non-hydrogen) atoms. The van der Waals surface area contributed by atoms with Gasteiger partial charge in [-0.15, -0.1) is 0 Å². The molecule has 0 bridgehead atoms. The van der Waals surface area contributed by atoms with Gasteiger partial charge in [-0.2, -0.15) is 0 Å². The van der Waals surface area contributed by atoms with Crippen LogP contribution in [0, 0.1) is 5.92 Å². The normalized spacial score (nSPS) is 16.8. The zero-order valence-corrected chi connectivity index (χ0v) is 29.6. The summed E-state index contributed by atoms with van der Waals surface area (Å²) in [7, 11) is -2.46. The topological polar surface area (TPSA) is 95.3 Å². The average Bonchev–Trinajstić information content (AvgIpc) is 3.56. The molecule has 1 aromatic heterocycles. The Hall–Kier alpha value is -3.60. The van der Waals surface area contributed by atoms with Gasteiger partial charge in [-0.3, -0.25) is 9.59 Å². The first kappa shape index (κ1) is 35.3. The van der Waals surface area contributed by atoms with Crippen molar-refractivity contribution >= 4 is 38.0 Å². The lowest BCUT2D eigenvalue weighted by molar-refractivity contribution is -0.136.